The van der Waals surface area contributed by atoms with E-state index in [2.05, 4.69) is 27.8 Å². The maximum Gasteiger partial charge on any atom is 0.176 e. The number of nitrogens with one attached hydrogen (secondary N) is 1. The van der Waals surface area contributed by atoms with Crippen LogP contribution in [0.2, 0.25) is 0 Å². The molecule has 0 radical (unpaired) electrons. The van der Waals surface area contributed by atoms with Gasteiger partial charge in [-0.3, -0.25) is 0 Å². The van der Waals surface area contributed by atoms with Gasteiger partial charge >= 0.3 is 0 Å². The number of hydrogen-bond donors (Lipinski definition) is 1. The molecule has 5 heteroatoms. The minimum absolute atomic E-state index is 0.522. The molecule has 1 N–H and O–H groups in total. The summed E-state index contributed by atoms with van der Waals surface area (Å²) in [6, 6.07) is 0.522. The molecule has 4 aliphatic rings. The summed E-state index contributed by atoms with van der Waals surface area (Å²) in [7, 11) is 3.94. The summed E-state index contributed by atoms with van der Waals surface area (Å²) in [5, 5.41) is 16.1. The van der Waals surface area contributed by atoms with Crippen LogP contribution in [0.5, 0.6) is 0 Å². The van der Waals surface area contributed by atoms with Crippen LogP contribution in [0.25, 0.3) is 0 Å². The summed E-state index contributed by atoms with van der Waals surface area (Å²) in [4.78, 5) is 1.57. The molecule has 4 aliphatic carbocycles. The highest BCUT2D eigenvalue weighted by Crippen LogP contribution is 2.57. The lowest BCUT2D eigenvalue weighted by Crippen LogP contribution is -2.53. The molecule has 0 amide bonds. The molecule has 20 heavy (non-hydrogen) atoms. The summed E-state index contributed by atoms with van der Waals surface area (Å²) in [6.45, 7) is 0. The van der Waals surface area contributed by atoms with Gasteiger partial charge in [-0.15, -0.1) is 10.2 Å². The molecule has 0 saturated heterocycles. The molecule has 4 saturated carbocycles. The molecule has 5 rings (SSSR count). The zero-order valence-corrected chi connectivity index (χ0v) is 12.5. The highest BCUT2D eigenvalue weighted by Gasteiger charge is 2.50. The van der Waals surface area contributed by atoms with Crippen LogP contribution in [0.4, 0.5) is 0 Å². The monoisotopic (exact) mass is 275 g/mol. The first kappa shape index (κ1) is 12.7. The van der Waals surface area contributed by atoms with Crippen molar-refractivity contribution in [3.8, 4) is 0 Å². The van der Waals surface area contributed by atoms with Crippen molar-refractivity contribution in [2.45, 2.75) is 44.6 Å². The van der Waals surface area contributed by atoms with E-state index in [1.165, 1.54) is 32.1 Å². The van der Waals surface area contributed by atoms with Crippen molar-refractivity contribution < 1.29 is 0 Å². The van der Waals surface area contributed by atoms with Crippen LogP contribution in [0, 0.1) is 29.6 Å². The molecule has 0 aliphatic heterocycles. The number of likely N-dealkylation sites (N-methyl/N-ethyl adjacent to an activating group) is 1. The third kappa shape index (κ3) is 2.07. The van der Waals surface area contributed by atoms with Crippen LogP contribution in [0.1, 0.15) is 37.9 Å². The van der Waals surface area contributed by atoms with Gasteiger partial charge in [0.1, 0.15) is 0 Å². The van der Waals surface area contributed by atoms with E-state index in [4.69, 9.17) is 0 Å². The Morgan fingerprint density at radius 2 is 1.80 bits per heavy atom. The average Bonchev–Trinajstić information content (AvgIpc) is 2.81. The quantitative estimate of drug-likeness (QED) is 0.903. The van der Waals surface area contributed by atoms with E-state index in [9.17, 15) is 0 Å². The van der Waals surface area contributed by atoms with Gasteiger partial charge in [0.05, 0.1) is 7.05 Å². The average molecular weight is 275 g/mol. The first-order valence-electron chi connectivity index (χ1n) is 8.13. The smallest absolute Gasteiger partial charge is 0.176 e. The SMILES string of the molecule is CNC(Cc1nnn(C)n1)C1C2CC3CC(C2)CC1C3. The van der Waals surface area contributed by atoms with Crippen LogP contribution >= 0.6 is 0 Å². The van der Waals surface area contributed by atoms with Gasteiger partial charge in [-0.05, 0) is 74.0 Å². The third-order valence-electron chi connectivity index (χ3n) is 6.09. The lowest BCUT2D eigenvalue weighted by atomic mass is 9.50. The van der Waals surface area contributed by atoms with Crippen molar-refractivity contribution >= 4 is 0 Å². The number of tetrazole rings is 1. The van der Waals surface area contributed by atoms with Crippen molar-refractivity contribution in [2.24, 2.45) is 36.6 Å². The summed E-state index contributed by atoms with van der Waals surface area (Å²) in [6.07, 6.45) is 8.36. The Hall–Kier alpha value is -0.970. The molecule has 4 fully saturated rings. The predicted molar refractivity (Wildman–Crippen MR) is 75.9 cm³/mol. The van der Waals surface area contributed by atoms with Gasteiger partial charge in [-0.1, -0.05) is 0 Å². The van der Waals surface area contributed by atoms with E-state index in [1.54, 1.807) is 4.80 Å². The summed E-state index contributed by atoms with van der Waals surface area (Å²) in [5.41, 5.74) is 0. The number of nitrogens with zero attached hydrogens (tertiary/aromatic N) is 4. The normalized spacial score (nSPS) is 40.2. The van der Waals surface area contributed by atoms with E-state index < -0.39 is 0 Å². The van der Waals surface area contributed by atoms with Gasteiger partial charge in [0.2, 0.25) is 0 Å². The van der Waals surface area contributed by atoms with Gasteiger partial charge in [0, 0.05) is 12.5 Å². The van der Waals surface area contributed by atoms with Crippen molar-refractivity contribution in [1.82, 2.24) is 25.5 Å². The molecule has 5 nitrogen and oxygen atoms in total. The number of hydrogen-bond acceptors (Lipinski definition) is 4. The lowest BCUT2D eigenvalue weighted by molar-refractivity contribution is -0.0509. The zero-order chi connectivity index (χ0) is 13.7. The molecular weight excluding hydrogens is 250 g/mol. The predicted octanol–water partition coefficient (Wildman–Crippen LogP) is 1.41. The summed E-state index contributed by atoms with van der Waals surface area (Å²) in [5.74, 6) is 5.69. The zero-order valence-electron chi connectivity index (χ0n) is 12.5. The second kappa shape index (κ2) is 4.79. The second-order valence-electron chi connectivity index (χ2n) is 7.30. The minimum atomic E-state index is 0.522. The van der Waals surface area contributed by atoms with Crippen LogP contribution in [0.15, 0.2) is 0 Å². The van der Waals surface area contributed by atoms with Gasteiger partial charge in [0.25, 0.3) is 0 Å². The molecule has 1 unspecified atom stereocenters. The van der Waals surface area contributed by atoms with Crippen LogP contribution in [-0.4, -0.2) is 33.3 Å². The molecule has 0 aromatic carbocycles. The Kier molecular flexibility index (Phi) is 3.05. The van der Waals surface area contributed by atoms with E-state index in [0.29, 0.717) is 6.04 Å². The molecule has 1 aromatic heterocycles. The van der Waals surface area contributed by atoms with Gasteiger partial charge in [-0.25, -0.2) is 0 Å². The first-order chi connectivity index (χ1) is 9.72. The molecular formula is C15H25N5. The minimum Gasteiger partial charge on any atom is -0.316 e. The number of aryl methyl sites for hydroxylation is 1. The van der Waals surface area contributed by atoms with Crippen LogP contribution in [0.3, 0.4) is 0 Å². The number of rotatable bonds is 4. The fourth-order valence-electron chi connectivity index (χ4n) is 5.66. The highest BCUT2D eigenvalue weighted by atomic mass is 15.6. The van der Waals surface area contributed by atoms with E-state index >= 15 is 0 Å². The Morgan fingerprint density at radius 1 is 1.15 bits per heavy atom. The van der Waals surface area contributed by atoms with Gasteiger partial charge in [0.15, 0.2) is 5.82 Å². The van der Waals surface area contributed by atoms with Gasteiger partial charge in [-0.2, -0.15) is 4.80 Å². The van der Waals surface area contributed by atoms with E-state index in [0.717, 1.165) is 41.8 Å². The molecule has 1 heterocycles. The maximum atomic E-state index is 4.37. The van der Waals surface area contributed by atoms with Crippen molar-refractivity contribution in [2.75, 3.05) is 7.05 Å². The van der Waals surface area contributed by atoms with Crippen molar-refractivity contribution in [3.05, 3.63) is 5.82 Å². The summed E-state index contributed by atoms with van der Waals surface area (Å²) < 4.78 is 0. The Balaban J connectivity index is 1.52. The third-order valence-corrected chi connectivity index (χ3v) is 6.09. The first-order valence-corrected chi connectivity index (χ1v) is 8.13. The largest absolute Gasteiger partial charge is 0.316 e. The fourth-order valence-corrected chi connectivity index (χ4v) is 5.66. The fraction of sp³-hybridized carbons (Fsp3) is 0.933. The molecule has 4 bridgehead atoms. The van der Waals surface area contributed by atoms with Gasteiger partial charge < -0.3 is 5.32 Å². The molecule has 1 atom stereocenters. The molecule has 1 aromatic rings. The molecule has 0 spiro atoms. The Bertz CT molecular complexity index is 454. The Morgan fingerprint density at radius 3 is 2.30 bits per heavy atom. The van der Waals surface area contributed by atoms with Crippen LogP contribution in [-0.2, 0) is 13.5 Å². The second-order valence-corrected chi connectivity index (χ2v) is 7.30. The highest BCUT2D eigenvalue weighted by molar-refractivity contribution is 5.03. The van der Waals surface area contributed by atoms with E-state index in [1.807, 2.05) is 7.05 Å². The topological polar surface area (TPSA) is 55.6 Å². The lowest BCUT2D eigenvalue weighted by Gasteiger charge is -2.56. The number of aromatic nitrogens is 4. The Labute approximate surface area is 120 Å². The maximum absolute atomic E-state index is 4.37. The van der Waals surface area contributed by atoms with Crippen molar-refractivity contribution in [3.63, 3.8) is 0 Å². The standard InChI is InChI=1S/C15H25N5/c1-16-13(8-14-17-19-20(2)18-14)15-11-4-9-3-10(6-11)7-12(15)5-9/h9-13,15-16H,3-8H2,1-2H3. The van der Waals surface area contributed by atoms with Crippen molar-refractivity contribution in [1.29, 1.82) is 0 Å². The van der Waals surface area contributed by atoms with Crippen LogP contribution < -0.4 is 5.32 Å². The summed E-state index contributed by atoms with van der Waals surface area (Å²) >= 11 is 0. The molecule has 110 valence electrons. The van der Waals surface area contributed by atoms with E-state index in [-0.39, 0.29) is 0 Å².